The molecule has 0 saturated carbocycles. The summed E-state index contributed by atoms with van der Waals surface area (Å²) in [4.78, 5) is 0. The van der Waals surface area contributed by atoms with Gasteiger partial charge in [-0.1, -0.05) is 77.5 Å². The Hall–Kier alpha value is -0.980. The van der Waals surface area contributed by atoms with Crippen molar-refractivity contribution in [1.29, 1.82) is 0 Å². The Morgan fingerprint density at radius 1 is 0.750 bits per heavy atom. The molecule has 1 heteroatoms. The summed E-state index contributed by atoms with van der Waals surface area (Å²) in [7, 11) is 0. The van der Waals surface area contributed by atoms with Crippen LogP contribution in [0, 0.1) is 0 Å². The molecule has 0 heterocycles. The molecule has 0 aliphatic heterocycles. The van der Waals surface area contributed by atoms with Crippen molar-refractivity contribution < 1.29 is 0 Å². The van der Waals surface area contributed by atoms with Crippen molar-refractivity contribution in [3.05, 3.63) is 30.3 Å². The zero-order valence-corrected chi connectivity index (χ0v) is 13.8. The third-order valence-electron chi connectivity index (χ3n) is 4.21. The summed E-state index contributed by atoms with van der Waals surface area (Å²) in [6.07, 6.45) is 11.8. The second-order valence-corrected chi connectivity index (χ2v) is 6.08. The summed E-state index contributed by atoms with van der Waals surface area (Å²) in [6.45, 7) is 6.90. The van der Waals surface area contributed by atoms with Gasteiger partial charge in [0.15, 0.2) is 0 Å². The molecular formula is C19H33N. The number of benzene rings is 1. The first-order chi connectivity index (χ1) is 9.76. The minimum Gasteiger partial charge on any atom is -0.380 e. The fourth-order valence-electron chi connectivity index (χ4n) is 2.94. The van der Waals surface area contributed by atoms with Crippen LogP contribution in [0.25, 0.3) is 0 Å². The van der Waals surface area contributed by atoms with Crippen molar-refractivity contribution >= 4 is 5.69 Å². The standard InChI is InChI=1S/C19H33N/c1-4-7-15-19(16-8-5-2,17-9-6-3)20-18-13-11-10-12-14-18/h10-14,20H,4-9,15-17H2,1-3H3. The van der Waals surface area contributed by atoms with Crippen LogP contribution in [0.15, 0.2) is 30.3 Å². The molecule has 0 aliphatic rings. The lowest BCUT2D eigenvalue weighted by Gasteiger charge is -2.36. The topological polar surface area (TPSA) is 12.0 Å². The van der Waals surface area contributed by atoms with E-state index in [0.29, 0.717) is 5.54 Å². The SMILES string of the molecule is CCCCC(CCCC)(CCCC)Nc1ccccc1. The molecule has 1 nitrogen and oxygen atoms in total. The van der Waals surface area contributed by atoms with Gasteiger partial charge in [-0.05, 0) is 31.4 Å². The van der Waals surface area contributed by atoms with Crippen molar-refractivity contribution in [1.82, 2.24) is 0 Å². The van der Waals surface area contributed by atoms with Gasteiger partial charge in [-0.15, -0.1) is 0 Å². The minimum absolute atomic E-state index is 0.309. The molecule has 20 heavy (non-hydrogen) atoms. The fourth-order valence-corrected chi connectivity index (χ4v) is 2.94. The molecular weight excluding hydrogens is 242 g/mol. The average molecular weight is 275 g/mol. The lowest BCUT2D eigenvalue weighted by atomic mass is 9.82. The maximum Gasteiger partial charge on any atom is 0.0373 e. The molecule has 114 valence electrons. The number of para-hydroxylation sites is 1. The van der Waals surface area contributed by atoms with Crippen LogP contribution in [0.1, 0.15) is 78.6 Å². The number of unbranched alkanes of at least 4 members (excludes halogenated alkanes) is 3. The van der Waals surface area contributed by atoms with E-state index in [-0.39, 0.29) is 0 Å². The van der Waals surface area contributed by atoms with E-state index in [1.165, 1.54) is 63.5 Å². The quantitative estimate of drug-likeness (QED) is 0.492. The molecule has 1 rings (SSSR count). The van der Waals surface area contributed by atoms with Crippen LogP contribution in [0.2, 0.25) is 0 Å². The molecule has 0 bridgehead atoms. The normalized spacial score (nSPS) is 11.6. The Labute approximate surface area is 126 Å². The van der Waals surface area contributed by atoms with E-state index in [0.717, 1.165) is 0 Å². The van der Waals surface area contributed by atoms with E-state index < -0.39 is 0 Å². The Kier molecular flexibility index (Phi) is 8.41. The van der Waals surface area contributed by atoms with Gasteiger partial charge in [0.1, 0.15) is 0 Å². The van der Waals surface area contributed by atoms with Crippen LogP contribution in [0.3, 0.4) is 0 Å². The Morgan fingerprint density at radius 2 is 1.20 bits per heavy atom. The fraction of sp³-hybridized carbons (Fsp3) is 0.684. The number of nitrogens with one attached hydrogen (secondary N) is 1. The Balaban J connectivity index is 2.81. The largest absolute Gasteiger partial charge is 0.380 e. The Bertz CT molecular complexity index is 309. The summed E-state index contributed by atoms with van der Waals surface area (Å²) < 4.78 is 0. The monoisotopic (exact) mass is 275 g/mol. The van der Waals surface area contributed by atoms with Crippen molar-refractivity contribution in [2.45, 2.75) is 84.1 Å². The van der Waals surface area contributed by atoms with Gasteiger partial charge in [-0.25, -0.2) is 0 Å². The number of hydrogen-bond acceptors (Lipinski definition) is 1. The van der Waals surface area contributed by atoms with Crippen molar-refractivity contribution in [3.8, 4) is 0 Å². The maximum atomic E-state index is 3.90. The summed E-state index contributed by atoms with van der Waals surface area (Å²) in [6, 6.07) is 10.8. The minimum atomic E-state index is 0.309. The second-order valence-electron chi connectivity index (χ2n) is 6.08. The van der Waals surface area contributed by atoms with E-state index in [9.17, 15) is 0 Å². The zero-order valence-electron chi connectivity index (χ0n) is 13.8. The second kappa shape index (κ2) is 9.85. The highest BCUT2D eigenvalue weighted by Gasteiger charge is 2.27. The maximum absolute atomic E-state index is 3.90. The molecule has 1 aromatic carbocycles. The highest BCUT2D eigenvalue weighted by atomic mass is 15.0. The molecule has 0 fully saturated rings. The van der Waals surface area contributed by atoms with Gasteiger partial charge >= 0.3 is 0 Å². The molecule has 0 aliphatic carbocycles. The molecule has 0 aromatic heterocycles. The summed E-state index contributed by atoms with van der Waals surface area (Å²) in [5.74, 6) is 0. The molecule has 0 spiro atoms. The predicted octanol–water partition coefficient (Wildman–Crippen LogP) is 6.41. The van der Waals surface area contributed by atoms with Crippen LogP contribution >= 0.6 is 0 Å². The van der Waals surface area contributed by atoms with Gasteiger partial charge in [0.2, 0.25) is 0 Å². The van der Waals surface area contributed by atoms with Crippen LogP contribution in [-0.2, 0) is 0 Å². The van der Waals surface area contributed by atoms with E-state index in [4.69, 9.17) is 0 Å². The van der Waals surface area contributed by atoms with Crippen molar-refractivity contribution in [3.63, 3.8) is 0 Å². The molecule has 0 unspecified atom stereocenters. The van der Waals surface area contributed by atoms with Crippen LogP contribution in [0.5, 0.6) is 0 Å². The average Bonchev–Trinajstić information content (AvgIpc) is 2.49. The van der Waals surface area contributed by atoms with E-state index in [2.05, 4.69) is 56.4 Å². The molecule has 1 N–H and O–H groups in total. The summed E-state index contributed by atoms with van der Waals surface area (Å²) >= 11 is 0. The van der Waals surface area contributed by atoms with Crippen LogP contribution in [-0.4, -0.2) is 5.54 Å². The van der Waals surface area contributed by atoms with Crippen molar-refractivity contribution in [2.24, 2.45) is 0 Å². The van der Waals surface area contributed by atoms with E-state index >= 15 is 0 Å². The molecule has 0 saturated heterocycles. The smallest absolute Gasteiger partial charge is 0.0373 e. The highest BCUT2D eigenvalue weighted by Crippen LogP contribution is 2.31. The predicted molar refractivity (Wildman–Crippen MR) is 91.4 cm³/mol. The third kappa shape index (κ3) is 5.98. The molecule has 0 amide bonds. The van der Waals surface area contributed by atoms with Gasteiger partial charge in [-0.2, -0.15) is 0 Å². The molecule has 0 radical (unpaired) electrons. The lowest BCUT2D eigenvalue weighted by molar-refractivity contribution is 0.342. The Morgan fingerprint density at radius 3 is 1.60 bits per heavy atom. The first-order valence-corrected chi connectivity index (χ1v) is 8.59. The zero-order chi connectivity index (χ0) is 14.7. The molecule has 1 aromatic rings. The van der Waals surface area contributed by atoms with Crippen LogP contribution in [0.4, 0.5) is 5.69 Å². The number of hydrogen-bond donors (Lipinski definition) is 1. The van der Waals surface area contributed by atoms with Gasteiger partial charge in [0, 0.05) is 11.2 Å². The summed E-state index contributed by atoms with van der Waals surface area (Å²) in [5, 5.41) is 3.90. The first kappa shape index (κ1) is 17.1. The van der Waals surface area contributed by atoms with E-state index in [1.807, 2.05) is 0 Å². The first-order valence-electron chi connectivity index (χ1n) is 8.59. The van der Waals surface area contributed by atoms with Crippen LogP contribution < -0.4 is 5.32 Å². The van der Waals surface area contributed by atoms with E-state index in [1.54, 1.807) is 0 Å². The van der Waals surface area contributed by atoms with Gasteiger partial charge in [-0.3, -0.25) is 0 Å². The van der Waals surface area contributed by atoms with Crippen molar-refractivity contribution in [2.75, 3.05) is 5.32 Å². The number of rotatable bonds is 11. The third-order valence-corrected chi connectivity index (χ3v) is 4.21. The summed E-state index contributed by atoms with van der Waals surface area (Å²) in [5.41, 5.74) is 1.60. The van der Waals surface area contributed by atoms with Gasteiger partial charge in [0.05, 0.1) is 0 Å². The molecule has 0 atom stereocenters. The van der Waals surface area contributed by atoms with Gasteiger partial charge < -0.3 is 5.32 Å². The highest BCUT2D eigenvalue weighted by molar-refractivity contribution is 5.45. The number of anilines is 1. The lowest BCUT2D eigenvalue weighted by Crippen LogP contribution is -2.38. The van der Waals surface area contributed by atoms with Gasteiger partial charge in [0.25, 0.3) is 0 Å².